The number of amides is 1. The molecule has 1 saturated heterocycles. The monoisotopic (exact) mass is 360 g/mol. The molecular formula is C17H16N2O5S. The third-order valence-corrected chi connectivity index (χ3v) is 5.18. The fourth-order valence-electron chi connectivity index (χ4n) is 2.37. The number of cyclic esters (lactones) is 1. The second-order valence-electron chi connectivity index (χ2n) is 5.47. The fraction of sp³-hybridized carbons (Fsp3) is 0.176. The van der Waals surface area contributed by atoms with Crippen molar-refractivity contribution < 1.29 is 22.7 Å². The Kier molecular flexibility index (Phi) is 4.82. The van der Waals surface area contributed by atoms with Crippen LogP contribution in [0.3, 0.4) is 0 Å². The van der Waals surface area contributed by atoms with Gasteiger partial charge in [0.05, 0.1) is 11.5 Å². The van der Waals surface area contributed by atoms with Crippen LogP contribution in [-0.4, -0.2) is 32.9 Å². The lowest BCUT2D eigenvalue weighted by atomic mass is 10.2. The Morgan fingerprint density at radius 1 is 1.04 bits per heavy atom. The summed E-state index contributed by atoms with van der Waals surface area (Å²) < 4.78 is 31.6. The van der Waals surface area contributed by atoms with Crippen LogP contribution < -0.4 is 10.0 Å². The number of ether oxygens (including phenoxy) is 1. The Bertz CT molecular complexity index is 879. The van der Waals surface area contributed by atoms with Crippen molar-refractivity contribution in [3.05, 3.63) is 60.2 Å². The number of sulfonamides is 1. The SMILES string of the molecule is O=C(Nc1ccc(S(=O)(=O)NC2CCOC2=O)cc1)c1ccccc1. The molecule has 1 aliphatic rings. The summed E-state index contributed by atoms with van der Waals surface area (Å²) in [5, 5.41) is 2.69. The quantitative estimate of drug-likeness (QED) is 0.788. The Morgan fingerprint density at radius 2 is 1.72 bits per heavy atom. The second kappa shape index (κ2) is 7.04. The van der Waals surface area contributed by atoms with Gasteiger partial charge in [0.2, 0.25) is 10.0 Å². The minimum absolute atomic E-state index is 0.00455. The average molecular weight is 360 g/mol. The summed E-state index contributed by atoms with van der Waals surface area (Å²) in [6.45, 7) is 0.205. The predicted octanol–water partition coefficient (Wildman–Crippen LogP) is 1.53. The van der Waals surface area contributed by atoms with Crippen LogP contribution in [0.15, 0.2) is 59.5 Å². The highest BCUT2D eigenvalue weighted by atomic mass is 32.2. The summed E-state index contributed by atoms with van der Waals surface area (Å²) in [4.78, 5) is 23.5. The van der Waals surface area contributed by atoms with Crippen molar-refractivity contribution in [3.63, 3.8) is 0 Å². The van der Waals surface area contributed by atoms with E-state index in [0.29, 0.717) is 17.7 Å². The summed E-state index contributed by atoms with van der Waals surface area (Å²) in [5.41, 5.74) is 0.966. The maximum atomic E-state index is 12.3. The number of carbonyl (C=O) groups is 2. The predicted molar refractivity (Wildman–Crippen MR) is 90.5 cm³/mol. The zero-order valence-corrected chi connectivity index (χ0v) is 14.0. The molecule has 0 spiro atoms. The molecule has 0 saturated carbocycles. The molecule has 0 bridgehead atoms. The number of nitrogens with one attached hydrogen (secondary N) is 2. The summed E-state index contributed by atoms with van der Waals surface area (Å²) >= 11 is 0. The number of carbonyl (C=O) groups excluding carboxylic acids is 2. The van der Waals surface area contributed by atoms with Gasteiger partial charge in [-0.3, -0.25) is 9.59 Å². The lowest BCUT2D eigenvalue weighted by Gasteiger charge is -2.11. The molecule has 1 amide bonds. The van der Waals surface area contributed by atoms with Crippen LogP contribution in [0.2, 0.25) is 0 Å². The van der Waals surface area contributed by atoms with Gasteiger partial charge in [-0.1, -0.05) is 18.2 Å². The molecule has 2 N–H and O–H groups in total. The molecule has 3 rings (SSSR count). The van der Waals surface area contributed by atoms with E-state index >= 15 is 0 Å². The molecule has 1 aliphatic heterocycles. The molecule has 8 heteroatoms. The van der Waals surface area contributed by atoms with Gasteiger partial charge >= 0.3 is 5.97 Å². The van der Waals surface area contributed by atoms with Crippen molar-refractivity contribution in [1.29, 1.82) is 0 Å². The van der Waals surface area contributed by atoms with E-state index in [1.165, 1.54) is 24.3 Å². The van der Waals surface area contributed by atoms with Crippen LogP contribution >= 0.6 is 0 Å². The molecule has 130 valence electrons. The minimum atomic E-state index is -3.84. The standard InChI is InChI=1S/C17H16N2O5S/c20-16(12-4-2-1-3-5-12)18-13-6-8-14(9-7-13)25(22,23)19-15-10-11-24-17(15)21/h1-9,15,19H,10-11H2,(H,18,20). The van der Waals surface area contributed by atoms with E-state index < -0.39 is 22.0 Å². The van der Waals surface area contributed by atoms with Crippen LogP contribution in [-0.2, 0) is 19.6 Å². The van der Waals surface area contributed by atoms with E-state index in [2.05, 4.69) is 10.0 Å². The van der Waals surface area contributed by atoms with Crippen molar-refractivity contribution in [2.45, 2.75) is 17.4 Å². The van der Waals surface area contributed by atoms with Gasteiger partial charge in [0.1, 0.15) is 6.04 Å². The van der Waals surface area contributed by atoms with Crippen LogP contribution in [0.5, 0.6) is 0 Å². The van der Waals surface area contributed by atoms with E-state index in [1.54, 1.807) is 24.3 Å². The van der Waals surface area contributed by atoms with Crippen LogP contribution in [0.4, 0.5) is 5.69 Å². The maximum absolute atomic E-state index is 12.3. The molecule has 1 heterocycles. The normalized spacial score (nSPS) is 17.1. The molecule has 2 aromatic rings. The molecule has 1 atom stereocenters. The zero-order valence-electron chi connectivity index (χ0n) is 13.1. The Hall–Kier alpha value is -2.71. The van der Waals surface area contributed by atoms with Gasteiger partial charge < -0.3 is 10.1 Å². The van der Waals surface area contributed by atoms with Crippen LogP contribution in [0.1, 0.15) is 16.8 Å². The van der Waals surface area contributed by atoms with Gasteiger partial charge in [0.15, 0.2) is 0 Å². The van der Waals surface area contributed by atoms with Gasteiger partial charge in [-0.15, -0.1) is 0 Å². The van der Waals surface area contributed by atoms with Crippen molar-refractivity contribution in [2.75, 3.05) is 11.9 Å². The first-order chi connectivity index (χ1) is 12.0. The minimum Gasteiger partial charge on any atom is -0.464 e. The highest BCUT2D eigenvalue weighted by Crippen LogP contribution is 2.17. The molecule has 0 aromatic heterocycles. The highest BCUT2D eigenvalue weighted by molar-refractivity contribution is 7.89. The summed E-state index contributed by atoms with van der Waals surface area (Å²) in [6, 6.07) is 13.5. The molecule has 25 heavy (non-hydrogen) atoms. The van der Waals surface area contributed by atoms with E-state index in [-0.39, 0.29) is 17.4 Å². The number of hydrogen-bond acceptors (Lipinski definition) is 5. The van der Waals surface area contributed by atoms with Gasteiger partial charge in [0, 0.05) is 17.7 Å². The van der Waals surface area contributed by atoms with Crippen molar-refractivity contribution in [3.8, 4) is 0 Å². The Morgan fingerprint density at radius 3 is 2.32 bits per heavy atom. The highest BCUT2D eigenvalue weighted by Gasteiger charge is 2.31. The van der Waals surface area contributed by atoms with Crippen LogP contribution in [0.25, 0.3) is 0 Å². The van der Waals surface area contributed by atoms with E-state index in [9.17, 15) is 18.0 Å². The van der Waals surface area contributed by atoms with Crippen molar-refractivity contribution >= 4 is 27.6 Å². The van der Waals surface area contributed by atoms with Gasteiger partial charge in [0.25, 0.3) is 5.91 Å². The zero-order chi connectivity index (χ0) is 17.9. The Labute approximate surface area is 145 Å². The molecule has 1 unspecified atom stereocenters. The second-order valence-corrected chi connectivity index (χ2v) is 7.19. The van der Waals surface area contributed by atoms with E-state index in [4.69, 9.17) is 4.74 Å². The first kappa shape index (κ1) is 17.1. The third kappa shape index (κ3) is 4.04. The summed E-state index contributed by atoms with van der Waals surface area (Å²) in [7, 11) is -3.84. The lowest BCUT2D eigenvalue weighted by Crippen LogP contribution is -2.37. The summed E-state index contributed by atoms with van der Waals surface area (Å²) in [5.74, 6) is -0.863. The summed E-state index contributed by atoms with van der Waals surface area (Å²) in [6.07, 6.45) is 0.309. The van der Waals surface area contributed by atoms with Crippen molar-refractivity contribution in [2.24, 2.45) is 0 Å². The van der Waals surface area contributed by atoms with E-state index in [0.717, 1.165) is 0 Å². The van der Waals surface area contributed by atoms with Crippen molar-refractivity contribution in [1.82, 2.24) is 4.72 Å². The average Bonchev–Trinajstić information content (AvgIpc) is 3.00. The maximum Gasteiger partial charge on any atom is 0.324 e. The third-order valence-electron chi connectivity index (χ3n) is 3.69. The van der Waals surface area contributed by atoms with Crippen LogP contribution in [0, 0.1) is 0 Å². The molecule has 2 aromatic carbocycles. The number of anilines is 1. The topological polar surface area (TPSA) is 102 Å². The first-order valence-electron chi connectivity index (χ1n) is 7.61. The Balaban J connectivity index is 1.69. The fourth-order valence-corrected chi connectivity index (χ4v) is 3.59. The number of rotatable bonds is 5. The smallest absolute Gasteiger partial charge is 0.324 e. The largest absolute Gasteiger partial charge is 0.464 e. The number of hydrogen-bond donors (Lipinski definition) is 2. The molecule has 7 nitrogen and oxygen atoms in total. The number of esters is 1. The number of benzene rings is 2. The molecule has 0 radical (unpaired) electrons. The van der Waals surface area contributed by atoms with E-state index in [1.807, 2.05) is 6.07 Å². The van der Waals surface area contributed by atoms with Gasteiger partial charge in [-0.05, 0) is 36.4 Å². The first-order valence-corrected chi connectivity index (χ1v) is 9.09. The van der Waals surface area contributed by atoms with Gasteiger partial charge in [-0.25, -0.2) is 8.42 Å². The molecule has 1 fully saturated rings. The lowest BCUT2D eigenvalue weighted by molar-refractivity contribution is -0.139. The van der Waals surface area contributed by atoms with Gasteiger partial charge in [-0.2, -0.15) is 4.72 Å². The molecular weight excluding hydrogens is 344 g/mol. The molecule has 0 aliphatic carbocycles.